The summed E-state index contributed by atoms with van der Waals surface area (Å²) in [5.41, 5.74) is 0.872. The number of likely N-dealkylation sites (N-methyl/N-ethyl adjacent to an activating group) is 2. The molecule has 178 valence electrons. The molecular formula is C25H21ClN4O3S2. The van der Waals surface area contributed by atoms with Crippen molar-refractivity contribution < 1.29 is 14.0 Å². The maximum atomic E-state index is 14.6. The molecule has 0 saturated carbocycles. The molecule has 2 fully saturated rings. The van der Waals surface area contributed by atoms with Crippen molar-refractivity contribution >= 4 is 57.4 Å². The minimum Gasteiger partial charge on any atom is -0.467 e. The molecule has 0 N–H and O–H groups in total. The zero-order valence-electron chi connectivity index (χ0n) is 19.0. The summed E-state index contributed by atoms with van der Waals surface area (Å²) >= 11 is 13.5. The lowest BCUT2D eigenvalue weighted by Gasteiger charge is -2.42. The molecule has 2 aromatic heterocycles. The number of aromatic nitrogens is 1. The van der Waals surface area contributed by atoms with Gasteiger partial charge in [-0.05, 0) is 49.5 Å². The van der Waals surface area contributed by atoms with Crippen molar-refractivity contribution in [1.29, 1.82) is 0 Å². The molecule has 3 aliphatic heterocycles. The van der Waals surface area contributed by atoms with E-state index in [9.17, 15) is 9.59 Å². The number of nitrogens with zero attached hydrogens (tertiary/aromatic N) is 4. The number of pyridine rings is 1. The van der Waals surface area contributed by atoms with Crippen LogP contribution in [0.25, 0.3) is 0 Å². The third-order valence-corrected chi connectivity index (χ3v) is 9.53. The molecule has 3 aromatic rings. The van der Waals surface area contributed by atoms with Crippen LogP contribution < -0.4 is 4.90 Å². The fourth-order valence-corrected chi connectivity index (χ4v) is 8.19. The zero-order chi connectivity index (χ0) is 24.5. The Balaban J connectivity index is 1.62. The number of amides is 2. The van der Waals surface area contributed by atoms with Crippen molar-refractivity contribution in [1.82, 2.24) is 14.8 Å². The predicted molar refractivity (Wildman–Crippen MR) is 138 cm³/mol. The molecule has 6 rings (SSSR count). The Kier molecular flexibility index (Phi) is 5.12. The van der Waals surface area contributed by atoms with Gasteiger partial charge in [0, 0.05) is 47.7 Å². The highest BCUT2D eigenvalue weighted by molar-refractivity contribution is 8.25. The van der Waals surface area contributed by atoms with Gasteiger partial charge in [0.2, 0.25) is 5.91 Å². The van der Waals surface area contributed by atoms with Crippen LogP contribution in [0.3, 0.4) is 0 Å². The lowest BCUT2D eigenvalue weighted by atomic mass is 9.73. The molecule has 2 saturated heterocycles. The van der Waals surface area contributed by atoms with Crippen LogP contribution in [0.4, 0.5) is 5.69 Å². The predicted octanol–water partition coefficient (Wildman–Crippen LogP) is 4.03. The number of benzene rings is 1. The molecule has 3 atom stereocenters. The summed E-state index contributed by atoms with van der Waals surface area (Å²) in [5.74, 6) is -0.183. The van der Waals surface area contributed by atoms with E-state index in [2.05, 4.69) is 4.98 Å². The average Bonchev–Trinajstić information content (AvgIpc) is 3.57. The van der Waals surface area contributed by atoms with Gasteiger partial charge in [-0.2, -0.15) is 0 Å². The van der Waals surface area contributed by atoms with Crippen LogP contribution in [0.15, 0.2) is 65.4 Å². The average molecular weight is 525 g/mol. The van der Waals surface area contributed by atoms with E-state index in [0.717, 1.165) is 11.4 Å². The second kappa shape index (κ2) is 7.89. The number of thioether (sulfide) groups is 1. The fourth-order valence-electron chi connectivity index (χ4n) is 5.91. The molecule has 1 aromatic carbocycles. The Bertz CT molecular complexity index is 1370. The van der Waals surface area contributed by atoms with Gasteiger partial charge in [0.1, 0.15) is 14.8 Å². The lowest BCUT2D eigenvalue weighted by Crippen LogP contribution is -2.62. The van der Waals surface area contributed by atoms with Gasteiger partial charge in [0.15, 0.2) is 5.54 Å². The summed E-state index contributed by atoms with van der Waals surface area (Å²) in [6, 6.07) is 14.6. The van der Waals surface area contributed by atoms with Crippen molar-refractivity contribution in [2.45, 2.75) is 22.7 Å². The molecule has 7 nitrogen and oxygen atoms in total. The van der Waals surface area contributed by atoms with Gasteiger partial charge in [0.05, 0.1) is 12.8 Å². The topological polar surface area (TPSA) is 69.9 Å². The number of likely N-dealkylation sites (tertiary alicyclic amines) is 1. The first kappa shape index (κ1) is 22.7. The first-order valence-corrected chi connectivity index (χ1v) is 12.7. The standard InChI is InChI=1S/C25H21ClN4O3S2/c1-28-14-18(19-7-3-4-10-27-19)25(22(32)30(23(34)35-25)13-16-6-5-11-33-16)24(28)17-12-15(26)8-9-20(17)29(2)21(24)31/h3-12,18H,13-14H2,1-2H3/t18-,24-,25+/m1/s1. The third-order valence-electron chi connectivity index (χ3n) is 7.35. The summed E-state index contributed by atoms with van der Waals surface area (Å²) in [5, 5.41) is 0.501. The molecule has 0 unspecified atom stereocenters. The van der Waals surface area contributed by atoms with Crippen LogP contribution in [0.2, 0.25) is 5.02 Å². The number of anilines is 1. The van der Waals surface area contributed by atoms with Crippen molar-refractivity contribution in [3.63, 3.8) is 0 Å². The lowest BCUT2D eigenvalue weighted by molar-refractivity contribution is -0.139. The molecule has 2 amide bonds. The van der Waals surface area contributed by atoms with Gasteiger partial charge < -0.3 is 9.32 Å². The molecule has 2 spiro atoms. The van der Waals surface area contributed by atoms with Crippen LogP contribution in [0, 0.1) is 0 Å². The number of hydrogen-bond donors (Lipinski definition) is 0. The van der Waals surface area contributed by atoms with E-state index in [0.29, 0.717) is 27.2 Å². The number of rotatable bonds is 3. The van der Waals surface area contributed by atoms with Crippen LogP contribution in [-0.2, 0) is 21.7 Å². The molecule has 10 heteroatoms. The van der Waals surface area contributed by atoms with E-state index < -0.39 is 16.2 Å². The largest absolute Gasteiger partial charge is 0.467 e. The van der Waals surface area contributed by atoms with Crippen LogP contribution in [-0.4, -0.2) is 56.3 Å². The number of furan rings is 1. The van der Waals surface area contributed by atoms with Gasteiger partial charge >= 0.3 is 0 Å². The highest BCUT2D eigenvalue weighted by Gasteiger charge is 2.78. The highest BCUT2D eigenvalue weighted by Crippen LogP contribution is 2.66. The van der Waals surface area contributed by atoms with E-state index in [1.165, 1.54) is 11.8 Å². The van der Waals surface area contributed by atoms with E-state index in [-0.39, 0.29) is 18.4 Å². The first-order chi connectivity index (χ1) is 16.8. The summed E-state index contributed by atoms with van der Waals surface area (Å²) in [4.78, 5) is 38.7. The van der Waals surface area contributed by atoms with E-state index in [4.69, 9.17) is 28.2 Å². The Morgan fingerprint density at radius 3 is 2.71 bits per heavy atom. The number of carbonyl (C=O) groups is 2. The molecular weight excluding hydrogens is 504 g/mol. The summed E-state index contributed by atoms with van der Waals surface area (Å²) < 4.78 is 4.66. The van der Waals surface area contributed by atoms with E-state index >= 15 is 0 Å². The van der Waals surface area contributed by atoms with Crippen molar-refractivity contribution in [2.24, 2.45) is 0 Å². The zero-order valence-corrected chi connectivity index (χ0v) is 21.4. The van der Waals surface area contributed by atoms with Crippen molar-refractivity contribution in [2.75, 3.05) is 25.5 Å². The van der Waals surface area contributed by atoms with Gasteiger partial charge in [-0.3, -0.25) is 24.4 Å². The quantitative estimate of drug-likeness (QED) is 0.479. The van der Waals surface area contributed by atoms with Crippen LogP contribution >= 0.6 is 35.6 Å². The number of hydrogen-bond acceptors (Lipinski definition) is 7. The summed E-state index contributed by atoms with van der Waals surface area (Å²) in [6.45, 7) is 0.638. The molecule has 0 bridgehead atoms. The summed E-state index contributed by atoms with van der Waals surface area (Å²) in [6.07, 6.45) is 3.28. The second-order valence-electron chi connectivity index (χ2n) is 9.00. The maximum Gasteiger partial charge on any atom is 0.254 e. The minimum atomic E-state index is -1.31. The molecule has 0 aliphatic carbocycles. The monoisotopic (exact) mass is 524 g/mol. The van der Waals surface area contributed by atoms with Gasteiger partial charge in [-0.15, -0.1) is 0 Å². The van der Waals surface area contributed by atoms with Gasteiger partial charge in [-0.25, -0.2) is 0 Å². The number of halogens is 1. The Morgan fingerprint density at radius 2 is 2.00 bits per heavy atom. The normalized spacial score (nSPS) is 28.2. The summed E-state index contributed by atoms with van der Waals surface area (Å²) in [7, 11) is 3.63. The molecule has 3 aliphatic rings. The van der Waals surface area contributed by atoms with Crippen molar-refractivity contribution in [3.05, 3.63) is 83.0 Å². The Morgan fingerprint density at radius 1 is 1.17 bits per heavy atom. The third kappa shape index (κ3) is 2.83. The molecule has 5 heterocycles. The minimum absolute atomic E-state index is 0.181. The smallest absolute Gasteiger partial charge is 0.254 e. The van der Waals surface area contributed by atoms with Crippen LogP contribution in [0.5, 0.6) is 0 Å². The molecule has 0 radical (unpaired) electrons. The van der Waals surface area contributed by atoms with E-state index in [1.807, 2.05) is 48.3 Å². The van der Waals surface area contributed by atoms with Gasteiger partial charge in [0.25, 0.3) is 5.91 Å². The van der Waals surface area contributed by atoms with Crippen molar-refractivity contribution in [3.8, 4) is 0 Å². The second-order valence-corrected chi connectivity index (χ2v) is 11.3. The van der Waals surface area contributed by atoms with Crippen LogP contribution in [0.1, 0.15) is 22.9 Å². The fraction of sp³-hybridized carbons (Fsp3) is 0.280. The number of fused-ring (bicyclic) bond motifs is 3. The highest BCUT2D eigenvalue weighted by atomic mass is 35.5. The number of carbonyl (C=O) groups excluding carboxylic acids is 2. The Labute approximate surface area is 217 Å². The molecule has 35 heavy (non-hydrogen) atoms. The Hall–Kier alpha value is -2.72. The van der Waals surface area contributed by atoms with Gasteiger partial charge in [-0.1, -0.05) is 41.6 Å². The van der Waals surface area contributed by atoms with E-state index in [1.54, 1.807) is 41.4 Å². The maximum absolute atomic E-state index is 14.6. The SMILES string of the molecule is CN1C(=O)[C@@]2(c3cc(Cl)ccc31)N(C)C[C@H](c1ccccn1)[C@@]21SC(=S)N(Cc2ccco2)C1=O. The number of thiocarbonyl (C=S) groups is 1. The first-order valence-electron chi connectivity index (χ1n) is 11.1.